The summed E-state index contributed by atoms with van der Waals surface area (Å²) in [6.07, 6.45) is 0. The van der Waals surface area contributed by atoms with Gasteiger partial charge in [-0.25, -0.2) is 0 Å². The Labute approximate surface area is 78.9 Å². The molecule has 0 bridgehead atoms. The van der Waals surface area contributed by atoms with E-state index in [1.165, 1.54) is 0 Å². The van der Waals surface area contributed by atoms with Gasteiger partial charge in [0.2, 0.25) is 0 Å². The zero-order valence-electron chi connectivity index (χ0n) is 2.43. The summed E-state index contributed by atoms with van der Waals surface area (Å²) in [7, 11) is 0. The molecule has 0 fully saturated rings. The summed E-state index contributed by atoms with van der Waals surface area (Å²) in [4.78, 5) is 8.25. The van der Waals surface area contributed by atoms with Crippen LogP contribution in [0.3, 0.4) is 0 Å². The van der Waals surface area contributed by atoms with Crippen molar-refractivity contribution in [3.05, 3.63) is 15.3 Å². The van der Waals surface area contributed by atoms with Crippen molar-refractivity contribution in [3.63, 3.8) is 0 Å². The molecule has 0 aliphatic rings. The molecule has 0 atom stereocenters. The Morgan fingerprint density at radius 2 is 1.29 bits per heavy atom. The molecule has 0 aliphatic heterocycles. The average Bonchev–Trinajstić information content (AvgIpc) is 0.811. The van der Waals surface area contributed by atoms with E-state index in [4.69, 9.17) is 15.3 Å². The van der Waals surface area contributed by atoms with Crippen molar-refractivity contribution in [2.45, 2.75) is 0 Å². The Morgan fingerprint density at radius 3 is 1.29 bits per heavy atom. The first kappa shape index (κ1) is 24.5. The maximum absolute atomic E-state index is 8.25. The summed E-state index contributed by atoms with van der Waals surface area (Å²) in [6, 6.07) is 0. The minimum absolute atomic E-state index is 0. The molecule has 0 N–H and O–H groups in total. The van der Waals surface area contributed by atoms with Gasteiger partial charge in [-0.05, 0) is 0 Å². The molecule has 0 amide bonds. The minimum atomic E-state index is -1.75. The molecule has 4 nitrogen and oxygen atoms in total. The van der Waals surface area contributed by atoms with Gasteiger partial charge in [-0.1, -0.05) is 0 Å². The fourth-order valence-electron chi connectivity index (χ4n) is 0. The second kappa shape index (κ2) is 15.7. The monoisotopic (exact) mass is 178 g/mol. The second-order valence-electron chi connectivity index (χ2n) is 0.224. The summed E-state index contributed by atoms with van der Waals surface area (Å²) in [5.74, 6) is 0. The molecule has 42 valence electrons. The molecule has 0 spiro atoms. The van der Waals surface area contributed by atoms with E-state index < -0.39 is 5.09 Å². The van der Waals surface area contributed by atoms with Gasteiger partial charge in [0.25, 0.3) is 0 Å². The fourth-order valence-corrected chi connectivity index (χ4v) is 0. The quantitative estimate of drug-likeness (QED) is 0.286. The molecule has 0 saturated heterocycles. The molecule has 0 unspecified atom stereocenters. The van der Waals surface area contributed by atoms with Crippen LogP contribution in [0.4, 0.5) is 0 Å². The van der Waals surface area contributed by atoms with Crippen LogP contribution in [-0.2, 0) is 17.1 Å². The Bertz CT molecular complexity index is 37.9. The molecule has 0 saturated carbocycles. The molecule has 0 aliphatic carbocycles. The van der Waals surface area contributed by atoms with E-state index in [2.05, 4.69) is 0 Å². The van der Waals surface area contributed by atoms with Crippen LogP contribution in [0.5, 0.6) is 0 Å². The van der Waals surface area contributed by atoms with Crippen LogP contribution in [0.1, 0.15) is 0 Å². The molecule has 7 heavy (non-hydrogen) atoms. The topological polar surface area (TPSA) is 66.2 Å². The second-order valence-corrected chi connectivity index (χ2v) is 0.224. The van der Waals surface area contributed by atoms with Gasteiger partial charge in [-0.2, -0.15) is 0 Å². The van der Waals surface area contributed by atoms with Crippen molar-refractivity contribution in [1.82, 2.24) is 0 Å². The third-order valence-corrected chi connectivity index (χ3v) is 0. The Kier molecular flexibility index (Phi) is 55.1. The molecule has 0 aromatic heterocycles. The van der Waals surface area contributed by atoms with Gasteiger partial charge in [0, 0.05) is 17.1 Å². The van der Waals surface area contributed by atoms with Gasteiger partial charge >= 0.3 is 29.6 Å². The summed E-state index contributed by atoms with van der Waals surface area (Å²) in [6.45, 7) is 0. The molecule has 0 aromatic carbocycles. The number of rotatable bonds is 0. The Morgan fingerprint density at radius 1 is 1.29 bits per heavy atom. The third kappa shape index (κ3) is 173. The normalized spacial score (nSPS) is 3.43. The number of nitrogens with zero attached hydrogens (tertiary/aromatic N) is 1. The predicted molar refractivity (Wildman–Crippen MR) is 24.8 cm³/mol. The molecule has 0 aromatic rings. The van der Waals surface area contributed by atoms with Gasteiger partial charge < -0.3 is 15.3 Å². The van der Waals surface area contributed by atoms with E-state index in [1.807, 2.05) is 0 Å². The summed E-state index contributed by atoms with van der Waals surface area (Å²) in [5.41, 5.74) is 0. The molecule has 0 rings (SSSR count). The van der Waals surface area contributed by atoms with Crippen LogP contribution in [0.2, 0.25) is 0 Å². The van der Waals surface area contributed by atoms with Gasteiger partial charge in [-0.15, -0.1) is 12.4 Å². The SMILES string of the molecule is Cl.O=[N+]([O-])[O-].[Fe].[NaH]. The average molecular weight is 178 g/mol. The molecular formula is H2ClFeNNaO3-. The van der Waals surface area contributed by atoms with Crippen LogP contribution in [0.25, 0.3) is 0 Å². The van der Waals surface area contributed by atoms with Crippen molar-refractivity contribution in [1.29, 1.82) is 0 Å². The molecule has 7 heteroatoms. The number of hydrogen-bond donors (Lipinski definition) is 0. The summed E-state index contributed by atoms with van der Waals surface area (Å²) in [5, 5.41) is 14.8. The van der Waals surface area contributed by atoms with Crippen molar-refractivity contribution in [2.75, 3.05) is 0 Å². The zero-order chi connectivity index (χ0) is 3.58. The van der Waals surface area contributed by atoms with Crippen molar-refractivity contribution >= 4 is 42.0 Å². The van der Waals surface area contributed by atoms with Crippen LogP contribution < -0.4 is 0 Å². The van der Waals surface area contributed by atoms with Gasteiger partial charge in [0.1, 0.15) is 0 Å². The first-order chi connectivity index (χ1) is 1.73. The molecule has 0 heterocycles. The van der Waals surface area contributed by atoms with Crippen LogP contribution in [0, 0.1) is 15.3 Å². The van der Waals surface area contributed by atoms with E-state index in [0.717, 1.165) is 0 Å². The first-order valence-electron chi connectivity index (χ1n) is 0.548. The van der Waals surface area contributed by atoms with E-state index in [1.54, 1.807) is 0 Å². The van der Waals surface area contributed by atoms with Crippen molar-refractivity contribution in [2.24, 2.45) is 0 Å². The summed E-state index contributed by atoms with van der Waals surface area (Å²) >= 11 is 0. The van der Waals surface area contributed by atoms with Crippen molar-refractivity contribution < 1.29 is 22.2 Å². The van der Waals surface area contributed by atoms with Crippen molar-refractivity contribution in [3.8, 4) is 0 Å². The number of hydrogen-bond acceptors (Lipinski definition) is 3. The molecule has 0 radical (unpaired) electrons. The zero-order valence-corrected chi connectivity index (χ0v) is 4.35. The number of halogens is 1. The Hall–Kier alpha value is 1.01. The fraction of sp³-hybridized carbons (Fsp3) is 0. The maximum atomic E-state index is 8.25. The predicted octanol–water partition coefficient (Wildman–Crippen LogP) is -0.468. The van der Waals surface area contributed by atoms with Crippen LogP contribution in [-0.4, -0.2) is 34.6 Å². The van der Waals surface area contributed by atoms with Gasteiger partial charge in [0.15, 0.2) is 0 Å². The standard InChI is InChI=1S/ClH.Fe.NO3.Na.H/c;;2-1(3)4;;/h1H;;;;/q;;-1;;. The van der Waals surface area contributed by atoms with E-state index in [0.29, 0.717) is 0 Å². The Balaban J connectivity index is -0.0000000150. The van der Waals surface area contributed by atoms with Crippen LogP contribution >= 0.6 is 12.4 Å². The summed E-state index contributed by atoms with van der Waals surface area (Å²) < 4.78 is 0. The molecular weight excluding hydrogens is 176 g/mol. The van der Waals surface area contributed by atoms with Gasteiger partial charge in [0.05, 0.1) is 5.09 Å². The first-order valence-corrected chi connectivity index (χ1v) is 0.548. The van der Waals surface area contributed by atoms with E-state index in [-0.39, 0.29) is 59.0 Å². The third-order valence-electron chi connectivity index (χ3n) is 0. The van der Waals surface area contributed by atoms with E-state index in [9.17, 15) is 0 Å². The van der Waals surface area contributed by atoms with Crippen LogP contribution in [0.15, 0.2) is 0 Å². The van der Waals surface area contributed by atoms with E-state index >= 15 is 0 Å². The van der Waals surface area contributed by atoms with Gasteiger partial charge in [-0.3, -0.25) is 0 Å².